The number of nitro benzene ring substituents is 1. The minimum Gasteiger partial charge on any atom is -0.356 e. The number of hydrogen-bond acceptors (Lipinski definition) is 7. The molecule has 178 valence electrons. The molecule has 5 rings (SSSR count). The van der Waals surface area contributed by atoms with Crippen molar-refractivity contribution in [3.8, 4) is 11.3 Å². The molecule has 2 aromatic carbocycles. The second kappa shape index (κ2) is 8.75. The highest BCUT2D eigenvalue weighted by Gasteiger charge is 2.40. The second-order valence-electron chi connectivity index (χ2n) is 8.33. The number of rotatable bonds is 6. The molecule has 3 aromatic rings. The van der Waals surface area contributed by atoms with Crippen molar-refractivity contribution in [1.29, 1.82) is 0 Å². The van der Waals surface area contributed by atoms with Crippen LogP contribution in [0.15, 0.2) is 47.0 Å². The summed E-state index contributed by atoms with van der Waals surface area (Å²) < 4.78 is 18.7. The summed E-state index contributed by atoms with van der Waals surface area (Å²) in [5.74, 6) is -1.27. The number of carbonyl (C=O) groups excluding carboxylic acids is 3. The van der Waals surface area contributed by atoms with Gasteiger partial charge in [-0.1, -0.05) is 11.2 Å². The van der Waals surface area contributed by atoms with Gasteiger partial charge >= 0.3 is 0 Å². The highest BCUT2D eigenvalue weighted by molar-refractivity contribution is 6.23. The molecule has 2 aliphatic rings. The average Bonchev–Trinajstić information content (AvgIpc) is 3.38. The molecule has 0 spiro atoms. The Hall–Kier alpha value is -4.41. The normalized spacial score (nSPS) is 14.8. The zero-order valence-electron chi connectivity index (χ0n) is 18.4. The minimum atomic E-state index is -0.719. The first-order chi connectivity index (χ1) is 16.8. The Kier molecular flexibility index (Phi) is 5.59. The van der Waals surface area contributed by atoms with Gasteiger partial charge in [0.05, 0.1) is 17.0 Å². The molecule has 10 nitrogen and oxygen atoms in total. The van der Waals surface area contributed by atoms with Crippen molar-refractivity contribution in [1.82, 2.24) is 15.0 Å². The summed E-state index contributed by atoms with van der Waals surface area (Å²) in [5, 5.41) is 15.3. The van der Waals surface area contributed by atoms with E-state index in [9.17, 15) is 28.9 Å². The first-order valence-electron chi connectivity index (χ1n) is 11.0. The zero-order chi connectivity index (χ0) is 24.7. The van der Waals surface area contributed by atoms with Crippen LogP contribution in [0.2, 0.25) is 0 Å². The Morgan fingerprint density at radius 1 is 1.14 bits per heavy atom. The van der Waals surface area contributed by atoms with E-state index in [4.69, 9.17) is 4.52 Å². The lowest BCUT2D eigenvalue weighted by molar-refractivity contribution is -0.385. The van der Waals surface area contributed by atoms with Gasteiger partial charge in [-0.05, 0) is 43.2 Å². The van der Waals surface area contributed by atoms with Crippen LogP contribution in [0.4, 0.5) is 10.1 Å². The molecule has 0 aliphatic carbocycles. The number of amides is 3. The fraction of sp³-hybridized carbons (Fsp3) is 0.250. The summed E-state index contributed by atoms with van der Waals surface area (Å²) in [6, 6.07) is 9.85. The number of benzene rings is 2. The number of halogens is 1. The van der Waals surface area contributed by atoms with E-state index in [2.05, 4.69) is 5.16 Å². The maximum atomic E-state index is 13.2. The van der Waals surface area contributed by atoms with Crippen molar-refractivity contribution in [3.05, 3.63) is 80.8 Å². The van der Waals surface area contributed by atoms with E-state index in [1.807, 2.05) is 0 Å². The second-order valence-corrected chi connectivity index (χ2v) is 8.33. The van der Waals surface area contributed by atoms with Crippen LogP contribution in [0, 0.1) is 15.9 Å². The van der Waals surface area contributed by atoms with Gasteiger partial charge in [0.25, 0.3) is 17.5 Å². The van der Waals surface area contributed by atoms with Crippen LogP contribution in [-0.2, 0) is 17.8 Å². The molecule has 0 fully saturated rings. The molecular weight excluding hydrogens is 459 g/mol. The van der Waals surface area contributed by atoms with Crippen molar-refractivity contribution in [2.45, 2.75) is 25.8 Å². The van der Waals surface area contributed by atoms with Gasteiger partial charge in [-0.15, -0.1) is 0 Å². The molecule has 3 amide bonds. The van der Waals surface area contributed by atoms with E-state index in [1.54, 1.807) is 17.0 Å². The van der Waals surface area contributed by atoms with Crippen molar-refractivity contribution >= 4 is 23.4 Å². The number of fused-ring (bicyclic) bond motifs is 2. The molecule has 2 aliphatic heterocycles. The third-order valence-corrected chi connectivity index (χ3v) is 6.25. The van der Waals surface area contributed by atoms with Gasteiger partial charge in [-0.2, -0.15) is 0 Å². The quantitative estimate of drug-likeness (QED) is 0.302. The minimum absolute atomic E-state index is 0.00192. The fourth-order valence-corrected chi connectivity index (χ4v) is 4.49. The number of imide groups is 1. The molecule has 0 radical (unpaired) electrons. The van der Waals surface area contributed by atoms with Gasteiger partial charge < -0.3 is 9.42 Å². The molecule has 3 heterocycles. The molecule has 11 heteroatoms. The van der Waals surface area contributed by atoms with Crippen LogP contribution in [-0.4, -0.2) is 50.7 Å². The van der Waals surface area contributed by atoms with E-state index in [0.29, 0.717) is 30.0 Å². The Balaban J connectivity index is 1.20. The van der Waals surface area contributed by atoms with Gasteiger partial charge in [0, 0.05) is 36.7 Å². The van der Waals surface area contributed by atoms with Gasteiger partial charge in [-0.3, -0.25) is 29.4 Å². The molecule has 0 N–H and O–H groups in total. The van der Waals surface area contributed by atoms with Crippen molar-refractivity contribution in [2.75, 3.05) is 13.1 Å². The number of hydrogen-bond donors (Lipinski definition) is 0. The number of aromatic nitrogens is 1. The van der Waals surface area contributed by atoms with Crippen LogP contribution in [0.3, 0.4) is 0 Å². The molecule has 0 unspecified atom stereocenters. The smallest absolute Gasteiger partial charge is 0.282 e. The Morgan fingerprint density at radius 2 is 1.91 bits per heavy atom. The lowest BCUT2D eigenvalue weighted by atomic mass is 10.0. The number of nitrogens with zero attached hydrogens (tertiary/aromatic N) is 4. The maximum absolute atomic E-state index is 13.2. The zero-order valence-corrected chi connectivity index (χ0v) is 18.4. The standard InChI is InChI=1S/C24H19FN4O6/c25-15-8-6-14(7-9-15)22-16-10-12-27(13-18(16)26-35-22)20(30)5-2-11-28-23(31)17-3-1-4-19(29(33)34)21(17)24(28)32/h1,3-4,6-9H,2,5,10-13H2. The fourth-order valence-electron chi connectivity index (χ4n) is 4.49. The molecule has 0 atom stereocenters. The van der Waals surface area contributed by atoms with Gasteiger partial charge in [0.1, 0.15) is 17.1 Å². The first kappa shape index (κ1) is 22.4. The Labute approximate surface area is 198 Å². The van der Waals surface area contributed by atoms with Crippen molar-refractivity contribution < 1.29 is 28.2 Å². The van der Waals surface area contributed by atoms with Crippen LogP contribution >= 0.6 is 0 Å². The van der Waals surface area contributed by atoms with E-state index in [1.165, 1.54) is 30.3 Å². The molecule has 0 saturated heterocycles. The summed E-state index contributed by atoms with van der Waals surface area (Å²) in [4.78, 5) is 51.1. The Morgan fingerprint density at radius 3 is 2.66 bits per heavy atom. The van der Waals surface area contributed by atoms with Crippen LogP contribution < -0.4 is 0 Å². The predicted octanol–water partition coefficient (Wildman–Crippen LogP) is 3.35. The molecule has 1 aromatic heterocycles. The average molecular weight is 478 g/mol. The lowest BCUT2D eigenvalue weighted by Gasteiger charge is -2.26. The van der Waals surface area contributed by atoms with Crippen molar-refractivity contribution in [3.63, 3.8) is 0 Å². The third kappa shape index (κ3) is 3.94. The summed E-state index contributed by atoms with van der Waals surface area (Å²) in [7, 11) is 0. The highest BCUT2D eigenvalue weighted by atomic mass is 19.1. The topological polar surface area (TPSA) is 127 Å². The molecule has 35 heavy (non-hydrogen) atoms. The SMILES string of the molecule is O=C(CCCN1C(=O)c2cccc([N+](=O)[O-])c2C1=O)N1CCc2c(noc2-c2ccc(F)cc2)C1. The summed E-state index contributed by atoms with van der Waals surface area (Å²) >= 11 is 0. The van der Waals surface area contributed by atoms with Gasteiger partial charge in [0.2, 0.25) is 5.91 Å². The summed E-state index contributed by atoms with van der Waals surface area (Å²) in [6.07, 6.45) is 0.841. The van der Waals surface area contributed by atoms with E-state index in [-0.39, 0.29) is 48.8 Å². The first-order valence-corrected chi connectivity index (χ1v) is 11.0. The monoisotopic (exact) mass is 478 g/mol. The maximum Gasteiger partial charge on any atom is 0.282 e. The van der Waals surface area contributed by atoms with E-state index in [0.717, 1.165) is 10.5 Å². The number of nitro groups is 1. The highest BCUT2D eigenvalue weighted by Crippen LogP contribution is 2.32. The van der Waals surface area contributed by atoms with Crippen LogP contribution in [0.25, 0.3) is 11.3 Å². The molecule has 0 saturated carbocycles. The van der Waals surface area contributed by atoms with E-state index >= 15 is 0 Å². The number of carbonyl (C=O) groups is 3. The van der Waals surface area contributed by atoms with Crippen LogP contribution in [0.1, 0.15) is 44.8 Å². The van der Waals surface area contributed by atoms with Crippen LogP contribution in [0.5, 0.6) is 0 Å². The largest absolute Gasteiger partial charge is 0.356 e. The molecular formula is C24H19FN4O6. The van der Waals surface area contributed by atoms with E-state index < -0.39 is 22.4 Å². The molecule has 0 bridgehead atoms. The van der Waals surface area contributed by atoms with Gasteiger partial charge in [-0.25, -0.2) is 4.39 Å². The third-order valence-electron chi connectivity index (χ3n) is 6.25. The summed E-state index contributed by atoms with van der Waals surface area (Å²) in [5.41, 5.74) is 1.62. The van der Waals surface area contributed by atoms with Gasteiger partial charge in [0.15, 0.2) is 5.76 Å². The Bertz CT molecular complexity index is 1370. The lowest BCUT2D eigenvalue weighted by Crippen LogP contribution is -2.37. The summed E-state index contributed by atoms with van der Waals surface area (Å²) in [6.45, 7) is 0.686. The van der Waals surface area contributed by atoms with Crippen molar-refractivity contribution in [2.24, 2.45) is 0 Å². The predicted molar refractivity (Wildman–Crippen MR) is 119 cm³/mol.